The molecule has 0 saturated carbocycles. The molecule has 2 heterocycles. The molecule has 98 valence electrons. The number of ether oxygens (including phenoxy) is 1. The van der Waals surface area contributed by atoms with Crippen LogP contribution >= 0.6 is 11.6 Å². The first-order chi connectivity index (χ1) is 9.15. The van der Waals surface area contributed by atoms with E-state index in [1.165, 1.54) is 6.08 Å². The smallest absolute Gasteiger partial charge is 0.329 e. The number of carbonyl (C=O) groups is 2. The van der Waals surface area contributed by atoms with Crippen LogP contribution in [-0.2, 0) is 14.3 Å². The van der Waals surface area contributed by atoms with Gasteiger partial charge in [0.1, 0.15) is 12.1 Å². The van der Waals surface area contributed by atoms with E-state index >= 15 is 0 Å². The monoisotopic (exact) mass is 277 g/mol. The van der Waals surface area contributed by atoms with Crippen LogP contribution in [-0.4, -0.2) is 35.5 Å². The number of likely N-dealkylation sites (tertiary alicyclic amines) is 1. The quantitative estimate of drug-likeness (QED) is 0.612. The summed E-state index contributed by atoms with van der Waals surface area (Å²) in [5.74, 6) is -0.472. The lowest BCUT2D eigenvalue weighted by atomic mass is 10.2. The summed E-state index contributed by atoms with van der Waals surface area (Å²) in [6.45, 7) is 0.488. The summed E-state index contributed by atoms with van der Waals surface area (Å²) >= 11 is 6.00. The van der Waals surface area contributed by atoms with Crippen LogP contribution in [0.25, 0.3) is 6.08 Å². The Morgan fingerprint density at radius 2 is 2.21 bits per heavy atom. The van der Waals surface area contributed by atoms with E-state index in [4.69, 9.17) is 16.3 Å². The van der Waals surface area contributed by atoms with Gasteiger partial charge in [-0.2, -0.15) is 0 Å². The van der Waals surface area contributed by atoms with Crippen LogP contribution in [0.5, 0.6) is 0 Å². The van der Waals surface area contributed by atoms with Crippen LogP contribution in [0.4, 0.5) is 0 Å². The number of hydrogen-bond donors (Lipinski definition) is 0. The number of morpholine rings is 1. The predicted octanol–water partition coefficient (Wildman–Crippen LogP) is 1.88. The van der Waals surface area contributed by atoms with Crippen molar-refractivity contribution in [3.63, 3.8) is 0 Å². The van der Waals surface area contributed by atoms with Crippen LogP contribution in [0.15, 0.2) is 30.3 Å². The zero-order valence-electron chi connectivity index (χ0n) is 10.1. The van der Waals surface area contributed by atoms with Gasteiger partial charge in [0, 0.05) is 17.5 Å². The third-order valence-electron chi connectivity index (χ3n) is 3.41. The molecule has 2 bridgehead atoms. The molecule has 0 aliphatic carbocycles. The molecule has 5 heteroatoms. The number of esters is 1. The number of hydrogen-bond acceptors (Lipinski definition) is 3. The van der Waals surface area contributed by atoms with E-state index in [2.05, 4.69) is 0 Å². The summed E-state index contributed by atoms with van der Waals surface area (Å²) in [6.07, 6.45) is 3.61. The van der Waals surface area contributed by atoms with Crippen molar-refractivity contribution in [1.29, 1.82) is 0 Å². The zero-order chi connectivity index (χ0) is 13.4. The average Bonchev–Trinajstić information content (AvgIpc) is 2.96. The molecule has 3 rings (SSSR count). The Hall–Kier alpha value is -1.81. The molecule has 4 nitrogen and oxygen atoms in total. The first-order valence-corrected chi connectivity index (χ1v) is 6.46. The van der Waals surface area contributed by atoms with Crippen LogP contribution in [0.1, 0.15) is 12.0 Å². The van der Waals surface area contributed by atoms with Crippen molar-refractivity contribution < 1.29 is 14.3 Å². The van der Waals surface area contributed by atoms with Gasteiger partial charge in [-0.1, -0.05) is 29.8 Å². The van der Waals surface area contributed by atoms with E-state index in [1.807, 2.05) is 18.2 Å². The Labute approximate surface area is 115 Å². The highest BCUT2D eigenvalue weighted by atomic mass is 35.5. The van der Waals surface area contributed by atoms with Crippen molar-refractivity contribution >= 4 is 29.6 Å². The van der Waals surface area contributed by atoms with Gasteiger partial charge in [-0.15, -0.1) is 0 Å². The van der Waals surface area contributed by atoms with Crippen molar-refractivity contribution in [2.75, 3.05) is 6.54 Å². The van der Waals surface area contributed by atoms with Crippen molar-refractivity contribution in [3.05, 3.63) is 40.9 Å². The molecule has 1 aromatic rings. The molecule has 1 amide bonds. The number of carbonyl (C=O) groups excluding carboxylic acids is 2. The van der Waals surface area contributed by atoms with Gasteiger partial charge in [0.15, 0.2) is 0 Å². The molecule has 0 radical (unpaired) electrons. The summed E-state index contributed by atoms with van der Waals surface area (Å²) in [5.41, 5.74) is 0.782. The normalized spacial score (nSPS) is 25.1. The standard InChI is InChI=1S/C14H12ClNO3/c15-11-4-2-1-3-9(11)5-6-13(17)16-8-10-7-12(16)14(18)19-10/h1-6,10,12H,7-8H2/b6-5+/t10-,12+/m1/s1. The highest BCUT2D eigenvalue weighted by Gasteiger charge is 2.47. The summed E-state index contributed by atoms with van der Waals surface area (Å²) in [5, 5.41) is 0.592. The fraction of sp³-hybridized carbons (Fsp3) is 0.286. The van der Waals surface area contributed by atoms with E-state index < -0.39 is 6.04 Å². The Balaban J connectivity index is 1.73. The van der Waals surface area contributed by atoms with Gasteiger partial charge < -0.3 is 9.64 Å². The van der Waals surface area contributed by atoms with Gasteiger partial charge in [-0.3, -0.25) is 4.79 Å². The SMILES string of the molecule is O=C1O[C@@H]2C[C@@H]1N(C(=O)/C=C/c1ccccc1Cl)C2. The molecule has 2 aliphatic rings. The minimum atomic E-state index is -0.409. The van der Waals surface area contributed by atoms with Crippen molar-refractivity contribution in [2.24, 2.45) is 0 Å². The zero-order valence-corrected chi connectivity index (χ0v) is 10.8. The maximum Gasteiger partial charge on any atom is 0.329 e. The Bertz CT molecular complexity index is 570. The second kappa shape index (κ2) is 4.70. The third-order valence-corrected chi connectivity index (χ3v) is 3.76. The summed E-state index contributed by atoms with van der Waals surface area (Å²) in [6, 6.07) is 6.87. The molecule has 0 aromatic heterocycles. The largest absolute Gasteiger partial charge is 0.459 e. The maximum absolute atomic E-state index is 12.1. The molecule has 19 heavy (non-hydrogen) atoms. The number of fused-ring (bicyclic) bond motifs is 2. The van der Waals surface area contributed by atoms with Gasteiger partial charge in [0.2, 0.25) is 5.91 Å². The van der Waals surface area contributed by atoms with E-state index in [0.717, 1.165) is 5.56 Å². The van der Waals surface area contributed by atoms with Gasteiger partial charge in [-0.05, 0) is 17.7 Å². The summed E-state index contributed by atoms with van der Waals surface area (Å²) in [4.78, 5) is 25.0. The lowest BCUT2D eigenvalue weighted by Crippen LogP contribution is -2.43. The molecular formula is C14H12ClNO3. The van der Waals surface area contributed by atoms with E-state index in [1.54, 1.807) is 17.0 Å². The van der Waals surface area contributed by atoms with Crippen LogP contribution in [0.3, 0.4) is 0 Å². The molecular weight excluding hydrogens is 266 g/mol. The van der Waals surface area contributed by atoms with Crippen molar-refractivity contribution in [3.8, 4) is 0 Å². The van der Waals surface area contributed by atoms with E-state index in [-0.39, 0.29) is 18.0 Å². The lowest BCUT2D eigenvalue weighted by molar-refractivity contribution is -0.155. The molecule has 2 atom stereocenters. The summed E-state index contributed by atoms with van der Waals surface area (Å²) < 4.78 is 5.04. The second-order valence-corrected chi connectivity index (χ2v) is 5.06. The number of nitrogens with zero attached hydrogens (tertiary/aromatic N) is 1. The highest BCUT2D eigenvalue weighted by molar-refractivity contribution is 6.32. The minimum absolute atomic E-state index is 0.129. The van der Waals surface area contributed by atoms with Crippen LogP contribution in [0, 0.1) is 0 Å². The summed E-state index contributed by atoms with van der Waals surface area (Å²) in [7, 11) is 0. The van der Waals surface area contributed by atoms with Gasteiger partial charge >= 0.3 is 5.97 Å². The Kier molecular flexibility index (Phi) is 3.03. The molecule has 0 N–H and O–H groups in total. The van der Waals surface area contributed by atoms with Gasteiger partial charge in [0.05, 0.1) is 6.54 Å². The minimum Gasteiger partial charge on any atom is -0.459 e. The molecule has 1 aromatic carbocycles. The average molecular weight is 278 g/mol. The van der Waals surface area contributed by atoms with E-state index in [9.17, 15) is 9.59 Å². The molecule has 2 fully saturated rings. The number of amides is 1. The lowest BCUT2D eigenvalue weighted by Gasteiger charge is -2.24. The van der Waals surface area contributed by atoms with E-state index in [0.29, 0.717) is 18.0 Å². The predicted molar refractivity (Wildman–Crippen MR) is 70.5 cm³/mol. The number of benzene rings is 1. The maximum atomic E-state index is 12.1. The Morgan fingerprint density at radius 3 is 2.89 bits per heavy atom. The van der Waals surface area contributed by atoms with Crippen LogP contribution < -0.4 is 0 Å². The molecule has 2 aliphatic heterocycles. The fourth-order valence-corrected chi connectivity index (χ4v) is 2.66. The fourth-order valence-electron chi connectivity index (χ4n) is 2.46. The topological polar surface area (TPSA) is 46.6 Å². The molecule has 0 spiro atoms. The molecule has 2 saturated heterocycles. The van der Waals surface area contributed by atoms with Gasteiger partial charge in [0.25, 0.3) is 0 Å². The number of rotatable bonds is 2. The van der Waals surface area contributed by atoms with Crippen molar-refractivity contribution in [2.45, 2.75) is 18.6 Å². The Morgan fingerprint density at radius 1 is 1.42 bits per heavy atom. The number of halogens is 1. The third kappa shape index (κ3) is 2.24. The van der Waals surface area contributed by atoms with Crippen LogP contribution in [0.2, 0.25) is 5.02 Å². The first kappa shape index (κ1) is 12.2. The molecule has 0 unspecified atom stereocenters. The highest BCUT2D eigenvalue weighted by Crippen LogP contribution is 2.29. The second-order valence-electron chi connectivity index (χ2n) is 4.66. The van der Waals surface area contributed by atoms with Gasteiger partial charge in [-0.25, -0.2) is 4.79 Å². The van der Waals surface area contributed by atoms with Crippen molar-refractivity contribution in [1.82, 2.24) is 4.90 Å². The first-order valence-electron chi connectivity index (χ1n) is 6.09.